The molecule has 0 saturated heterocycles. The first-order valence-corrected chi connectivity index (χ1v) is 4.99. The Kier molecular flexibility index (Phi) is 4.23. The van der Waals surface area contributed by atoms with Gasteiger partial charge in [-0.15, -0.1) is 0 Å². The molecule has 0 bridgehead atoms. The summed E-state index contributed by atoms with van der Waals surface area (Å²) >= 11 is 0. The van der Waals surface area contributed by atoms with Crippen LogP contribution in [0.4, 0.5) is 0 Å². The highest BCUT2D eigenvalue weighted by atomic mass is 16.5. The standard InChI is InChI=1S/C12H11NO4/c1-2-17-12(16)5-11-8(6-13)3-10(15)4-9(11)7-14/h3-4,7,15H,2,5H2,1H3. The van der Waals surface area contributed by atoms with E-state index in [1.807, 2.05) is 6.07 Å². The van der Waals surface area contributed by atoms with Crippen molar-refractivity contribution in [3.63, 3.8) is 0 Å². The molecule has 88 valence electrons. The Morgan fingerprint density at radius 2 is 2.29 bits per heavy atom. The Labute approximate surface area is 98.2 Å². The SMILES string of the molecule is CCOC(=O)Cc1c(C#N)cc(O)cc1C=O. The first-order chi connectivity index (χ1) is 8.12. The van der Waals surface area contributed by atoms with E-state index < -0.39 is 5.97 Å². The number of ether oxygens (including phenoxy) is 1. The van der Waals surface area contributed by atoms with Gasteiger partial charge in [-0.1, -0.05) is 0 Å². The number of hydrogen-bond donors (Lipinski definition) is 1. The van der Waals surface area contributed by atoms with E-state index in [2.05, 4.69) is 0 Å². The Morgan fingerprint density at radius 1 is 1.59 bits per heavy atom. The third-order valence-electron chi connectivity index (χ3n) is 2.14. The third-order valence-corrected chi connectivity index (χ3v) is 2.14. The second kappa shape index (κ2) is 5.66. The summed E-state index contributed by atoms with van der Waals surface area (Å²) in [6, 6.07) is 4.25. The fraction of sp³-hybridized carbons (Fsp3) is 0.250. The molecule has 0 radical (unpaired) electrons. The summed E-state index contributed by atoms with van der Waals surface area (Å²) in [7, 11) is 0. The van der Waals surface area contributed by atoms with E-state index >= 15 is 0 Å². The Morgan fingerprint density at radius 3 is 2.82 bits per heavy atom. The molecular weight excluding hydrogens is 222 g/mol. The van der Waals surface area contributed by atoms with Crippen LogP contribution in [0.25, 0.3) is 0 Å². The van der Waals surface area contributed by atoms with Crippen LogP contribution in [0.3, 0.4) is 0 Å². The maximum Gasteiger partial charge on any atom is 0.310 e. The predicted octanol–water partition coefficient (Wildman–Crippen LogP) is 1.18. The molecule has 1 N–H and O–H groups in total. The number of nitriles is 1. The molecule has 0 spiro atoms. The van der Waals surface area contributed by atoms with E-state index in [0.717, 1.165) is 0 Å². The maximum absolute atomic E-state index is 11.3. The molecule has 0 unspecified atom stereocenters. The summed E-state index contributed by atoms with van der Waals surface area (Å²) in [4.78, 5) is 22.1. The van der Waals surface area contributed by atoms with Crippen LogP contribution in [0.15, 0.2) is 12.1 Å². The molecule has 0 aromatic heterocycles. The van der Waals surface area contributed by atoms with Crippen molar-refractivity contribution >= 4 is 12.3 Å². The zero-order chi connectivity index (χ0) is 12.8. The summed E-state index contributed by atoms with van der Waals surface area (Å²) < 4.78 is 4.75. The normalized spacial score (nSPS) is 9.41. The minimum atomic E-state index is -0.516. The van der Waals surface area contributed by atoms with Crippen molar-refractivity contribution in [3.05, 3.63) is 28.8 Å². The van der Waals surface area contributed by atoms with Gasteiger partial charge >= 0.3 is 5.97 Å². The molecule has 0 aliphatic heterocycles. The number of benzene rings is 1. The second-order valence-electron chi connectivity index (χ2n) is 3.27. The van der Waals surface area contributed by atoms with Crippen molar-refractivity contribution in [2.45, 2.75) is 13.3 Å². The van der Waals surface area contributed by atoms with Gasteiger partial charge in [0.25, 0.3) is 0 Å². The van der Waals surface area contributed by atoms with Crippen molar-refractivity contribution < 1.29 is 19.4 Å². The van der Waals surface area contributed by atoms with Crippen LogP contribution in [0.2, 0.25) is 0 Å². The molecule has 17 heavy (non-hydrogen) atoms. The van der Waals surface area contributed by atoms with Gasteiger partial charge in [-0.05, 0) is 24.6 Å². The van der Waals surface area contributed by atoms with Gasteiger partial charge in [-0.3, -0.25) is 9.59 Å². The average molecular weight is 233 g/mol. The molecule has 5 nitrogen and oxygen atoms in total. The Hall–Kier alpha value is -2.35. The number of aromatic hydroxyl groups is 1. The molecule has 0 amide bonds. The zero-order valence-electron chi connectivity index (χ0n) is 9.27. The topological polar surface area (TPSA) is 87.4 Å². The number of carbonyl (C=O) groups excluding carboxylic acids is 2. The highest BCUT2D eigenvalue weighted by Gasteiger charge is 2.14. The fourth-order valence-electron chi connectivity index (χ4n) is 1.44. The molecule has 0 saturated carbocycles. The van der Waals surface area contributed by atoms with Crippen LogP contribution in [-0.4, -0.2) is 24.0 Å². The summed E-state index contributed by atoms with van der Waals surface area (Å²) in [6.07, 6.45) is 0.334. The summed E-state index contributed by atoms with van der Waals surface area (Å²) in [5, 5.41) is 18.2. The number of phenolic OH excluding ortho intramolecular Hbond substituents is 1. The summed E-state index contributed by atoms with van der Waals surface area (Å²) in [6.45, 7) is 1.90. The maximum atomic E-state index is 11.3. The fourth-order valence-corrected chi connectivity index (χ4v) is 1.44. The Bertz CT molecular complexity index is 488. The molecule has 0 fully saturated rings. The van der Waals surface area contributed by atoms with Crippen LogP contribution in [0.5, 0.6) is 5.75 Å². The van der Waals surface area contributed by atoms with Crippen molar-refractivity contribution in [3.8, 4) is 11.8 Å². The first-order valence-electron chi connectivity index (χ1n) is 4.99. The molecule has 0 aliphatic rings. The molecule has 0 aliphatic carbocycles. The van der Waals surface area contributed by atoms with Crippen LogP contribution in [0, 0.1) is 11.3 Å². The smallest absolute Gasteiger partial charge is 0.310 e. The molecule has 1 aromatic rings. The monoisotopic (exact) mass is 233 g/mol. The number of aldehydes is 1. The van der Waals surface area contributed by atoms with Gasteiger partial charge in [0, 0.05) is 5.56 Å². The van der Waals surface area contributed by atoms with Gasteiger partial charge in [0.1, 0.15) is 5.75 Å². The first kappa shape index (κ1) is 12.7. The van der Waals surface area contributed by atoms with E-state index in [1.165, 1.54) is 12.1 Å². The summed E-state index contributed by atoms with van der Waals surface area (Å²) in [5.74, 6) is -0.700. The average Bonchev–Trinajstić information content (AvgIpc) is 2.31. The van der Waals surface area contributed by atoms with E-state index in [0.29, 0.717) is 6.29 Å². The van der Waals surface area contributed by atoms with Crippen molar-refractivity contribution in [2.24, 2.45) is 0 Å². The largest absolute Gasteiger partial charge is 0.508 e. The van der Waals surface area contributed by atoms with Crippen molar-refractivity contribution in [2.75, 3.05) is 6.61 Å². The summed E-state index contributed by atoms with van der Waals surface area (Å²) in [5.41, 5.74) is 0.494. The zero-order valence-corrected chi connectivity index (χ0v) is 9.27. The van der Waals surface area contributed by atoms with Crippen LogP contribution >= 0.6 is 0 Å². The lowest BCUT2D eigenvalue weighted by Gasteiger charge is -2.07. The van der Waals surface area contributed by atoms with Crippen LogP contribution in [0.1, 0.15) is 28.4 Å². The Balaban J connectivity index is 3.16. The lowest BCUT2D eigenvalue weighted by molar-refractivity contribution is -0.142. The minimum Gasteiger partial charge on any atom is -0.508 e. The number of carbonyl (C=O) groups is 2. The van der Waals surface area contributed by atoms with Crippen molar-refractivity contribution in [1.82, 2.24) is 0 Å². The van der Waals surface area contributed by atoms with Crippen LogP contribution < -0.4 is 0 Å². The highest BCUT2D eigenvalue weighted by molar-refractivity contribution is 5.84. The molecular formula is C12H11NO4. The van der Waals surface area contributed by atoms with Gasteiger partial charge in [0.2, 0.25) is 0 Å². The third kappa shape index (κ3) is 3.05. The number of phenols is 1. The van der Waals surface area contributed by atoms with Crippen molar-refractivity contribution in [1.29, 1.82) is 5.26 Å². The lowest BCUT2D eigenvalue weighted by Crippen LogP contribution is -2.10. The second-order valence-corrected chi connectivity index (χ2v) is 3.27. The van der Waals surface area contributed by atoms with E-state index in [4.69, 9.17) is 10.00 Å². The molecule has 0 heterocycles. The molecule has 1 aromatic carbocycles. The van der Waals surface area contributed by atoms with E-state index in [-0.39, 0.29) is 35.5 Å². The van der Waals surface area contributed by atoms with E-state index in [1.54, 1.807) is 6.92 Å². The molecule has 1 rings (SSSR count). The van der Waals surface area contributed by atoms with Gasteiger partial charge < -0.3 is 9.84 Å². The minimum absolute atomic E-state index is 0.0974. The van der Waals surface area contributed by atoms with Gasteiger partial charge in [0.15, 0.2) is 6.29 Å². The van der Waals surface area contributed by atoms with Gasteiger partial charge in [-0.25, -0.2) is 0 Å². The number of hydrogen-bond acceptors (Lipinski definition) is 5. The highest BCUT2D eigenvalue weighted by Crippen LogP contribution is 2.21. The van der Waals surface area contributed by atoms with E-state index in [9.17, 15) is 14.7 Å². The van der Waals surface area contributed by atoms with Crippen LogP contribution in [-0.2, 0) is 16.0 Å². The number of rotatable bonds is 4. The molecule has 0 atom stereocenters. The predicted molar refractivity (Wildman–Crippen MR) is 58.5 cm³/mol. The molecule has 5 heteroatoms. The quantitative estimate of drug-likeness (QED) is 0.623. The number of nitrogens with zero attached hydrogens (tertiary/aromatic N) is 1. The lowest BCUT2D eigenvalue weighted by atomic mass is 9.99. The number of esters is 1. The van der Waals surface area contributed by atoms with Gasteiger partial charge in [0.05, 0.1) is 24.7 Å². The van der Waals surface area contributed by atoms with Gasteiger partial charge in [-0.2, -0.15) is 5.26 Å².